The van der Waals surface area contributed by atoms with Crippen molar-refractivity contribution >= 4 is 75.3 Å². The zero-order valence-corrected chi connectivity index (χ0v) is 25.0. The van der Waals surface area contributed by atoms with E-state index in [9.17, 15) is 0 Å². The Kier molecular flexibility index (Phi) is 5.19. The minimum Gasteiger partial charge on any atom is -0.455 e. The lowest BCUT2D eigenvalue weighted by atomic mass is 9.98. The van der Waals surface area contributed by atoms with Crippen LogP contribution in [0.15, 0.2) is 156 Å². The van der Waals surface area contributed by atoms with Gasteiger partial charge in [0.15, 0.2) is 0 Å². The maximum absolute atomic E-state index is 6.30. The minimum atomic E-state index is 0.924. The van der Waals surface area contributed by atoms with Crippen molar-refractivity contribution in [3.05, 3.63) is 152 Å². The molecule has 0 aliphatic rings. The highest BCUT2D eigenvalue weighted by Gasteiger charge is 2.16. The predicted octanol–water partition coefficient (Wildman–Crippen LogP) is 12.4. The fourth-order valence-corrected chi connectivity index (χ4v) is 8.21. The first-order valence-corrected chi connectivity index (χ1v) is 16.1. The van der Waals surface area contributed by atoms with E-state index in [1.807, 2.05) is 23.5 Å². The van der Waals surface area contributed by atoms with Crippen LogP contribution in [0.2, 0.25) is 0 Å². The summed E-state index contributed by atoms with van der Waals surface area (Å²) in [6.07, 6.45) is 0. The number of benzene rings is 7. The van der Waals surface area contributed by atoms with Crippen LogP contribution in [0.5, 0.6) is 0 Å². The van der Waals surface area contributed by atoms with E-state index in [0.29, 0.717) is 0 Å². The molecule has 3 heterocycles. The van der Waals surface area contributed by atoms with E-state index in [1.165, 1.54) is 58.8 Å². The number of hydrogen-bond donors (Lipinski definition) is 0. The van der Waals surface area contributed by atoms with Crippen LogP contribution in [0.4, 0.5) is 0 Å². The van der Waals surface area contributed by atoms with Gasteiger partial charge in [-0.2, -0.15) is 0 Å². The number of aromatic nitrogens is 1. The van der Waals surface area contributed by atoms with Crippen LogP contribution in [-0.4, -0.2) is 4.57 Å². The van der Waals surface area contributed by atoms with E-state index in [4.69, 9.17) is 4.42 Å². The van der Waals surface area contributed by atoms with E-state index in [1.54, 1.807) is 0 Å². The van der Waals surface area contributed by atoms with Crippen molar-refractivity contribution in [2.24, 2.45) is 0 Å². The first kappa shape index (κ1) is 24.8. The van der Waals surface area contributed by atoms with Gasteiger partial charge in [-0.05, 0) is 59.2 Å². The van der Waals surface area contributed by atoms with Gasteiger partial charge in [0.2, 0.25) is 0 Å². The first-order chi connectivity index (χ1) is 22.3. The van der Waals surface area contributed by atoms with E-state index >= 15 is 0 Å². The first-order valence-electron chi connectivity index (χ1n) is 15.3. The molecular formula is C42H25NOS. The summed E-state index contributed by atoms with van der Waals surface area (Å²) in [7, 11) is 0. The normalized spacial score (nSPS) is 12.0. The van der Waals surface area contributed by atoms with E-state index in [2.05, 4.69) is 144 Å². The maximum atomic E-state index is 6.30. The summed E-state index contributed by atoms with van der Waals surface area (Å²) >= 11 is 1.87. The summed E-state index contributed by atoms with van der Waals surface area (Å²) in [5.74, 6) is 0. The topological polar surface area (TPSA) is 18.1 Å². The van der Waals surface area contributed by atoms with Gasteiger partial charge in [0.1, 0.15) is 11.2 Å². The molecule has 2 nitrogen and oxygen atoms in total. The molecule has 0 aliphatic carbocycles. The van der Waals surface area contributed by atoms with E-state index < -0.39 is 0 Å². The molecule has 10 rings (SSSR count). The standard InChI is InChI=1S/C42H25NOS/c1-4-13-37-31(8-1)35-24-36-33-10-3-6-15-40(33)45-41(36)25-38(35)43(37)29-22-20-27(21-23-29)26-16-18-28(19-17-26)30-11-7-12-34-32-9-2-5-14-39(32)44-42(30)34/h1-25H. The Bertz CT molecular complexity index is 2740. The molecule has 0 radical (unpaired) electrons. The number of furan rings is 1. The Labute approximate surface area is 263 Å². The summed E-state index contributed by atoms with van der Waals surface area (Å²) in [6, 6.07) is 54.7. The van der Waals surface area contributed by atoms with Gasteiger partial charge in [-0.1, -0.05) is 109 Å². The van der Waals surface area contributed by atoms with Crippen molar-refractivity contribution < 1.29 is 4.42 Å². The zero-order valence-electron chi connectivity index (χ0n) is 24.2. The van der Waals surface area contributed by atoms with Gasteiger partial charge in [-0.25, -0.2) is 0 Å². The van der Waals surface area contributed by atoms with Crippen LogP contribution < -0.4 is 0 Å². The molecule has 0 N–H and O–H groups in total. The molecule has 0 unspecified atom stereocenters. The van der Waals surface area contributed by atoms with Crippen LogP contribution >= 0.6 is 11.3 Å². The number of rotatable bonds is 3. The average molecular weight is 592 g/mol. The van der Waals surface area contributed by atoms with Crippen LogP contribution in [-0.2, 0) is 0 Å². The van der Waals surface area contributed by atoms with Gasteiger partial charge in [0, 0.05) is 53.0 Å². The van der Waals surface area contributed by atoms with Crippen LogP contribution in [0.1, 0.15) is 0 Å². The highest BCUT2D eigenvalue weighted by atomic mass is 32.1. The van der Waals surface area contributed by atoms with Crippen molar-refractivity contribution in [1.82, 2.24) is 4.57 Å². The number of hydrogen-bond acceptors (Lipinski definition) is 2. The largest absolute Gasteiger partial charge is 0.455 e. The molecule has 0 amide bonds. The van der Waals surface area contributed by atoms with Crippen LogP contribution in [0, 0.1) is 0 Å². The molecule has 45 heavy (non-hydrogen) atoms. The summed E-state index contributed by atoms with van der Waals surface area (Å²) in [5, 5.41) is 7.55. The van der Waals surface area contributed by atoms with Gasteiger partial charge in [-0.15, -0.1) is 11.3 Å². The third kappa shape index (κ3) is 3.68. The predicted molar refractivity (Wildman–Crippen MR) is 192 cm³/mol. The molecule has 0 saturated heterocycles. The quantitative estimate of drug-likeness (QED) is 0.200. The Morgan fingerprint density at radius 1 is 0.422 bits per heavy atom. The Morgan fingerprint density at radius 3 is 1.93 bits per heavy atom. The van der Waals surface area contributed by atoms with Gasteiger partial charge in [0.25, 0.3) is 0 Å². The molecule has 0 spiro atoms. The van der Waals surface area contributed by atoms with E-state index in [-0.39, 0.29) is 0 Å². The van der Waals surface area contributed by atoms with Gasteiger partial charge < -0.3 is 8.98 Å². The Hall–Kier alpha value is -5.64. The molecular weight excluding hydrogens is 567 g/mol. The number of fused-ring (bicyclic) bond motifs is 9. The van der Waals surface area contributed by atoms with Gasteiger partial charge in [0.05, 0.1) is 11.0 Å². The fourth-order valence-electron chi connectivity index (χ4n) is 7.09. The maximum Gasteiger partial charge on any atom is 0.143 e. The van der Waals surface area contributed by atoms with Gasteiger partial charge in [-0.3, -0.25) is 0 Å². The molecule has 210 valence electrons. The third-order valence-corrected chi connectivity index (χ3v) is 10.4. The number of thiophene rings is 1. The van der Waals surface area contributed by atoms with Crippen molar-refractivity contribution in [1.29, 1.82) is 0 Å². The summed E-state index contributed by atoms with van der Waals surface area (Å²) in [6.45, 7) is 0. The molecule has 3 aromatic heterocycles. The van der Waals surface area contributed by atoms with Crippen molar-refractivity contribution in [2.75, 3.05) is 0 Å². The highest BCUT2D eigenvalue weighted by Crippen LogP contribution is 2.41. The molecule has 0 bridgehead atoms. The molecule has 0 aliphatic heterocycles. The molecule has 0 saturated carbocycles. The molecule has 0 fully saturated rings. The third-order valence-electron chi connectivity index (χ3n) is 9.23. The molecule has 7 aromatic carbocycles. The SMILES string of the molecule is c1ccc2c(c1)oc1c(-c3ccc(-c4ccc(-n5c6ccccc6c6cc7c(cc65)sc5ccccc57)cc4)cc3)cccc12. The van der Waals surface area contributed by atoms with Crippen molar-refractivity contribution in [3.63, 3.8) is 0 Å². The fraction of sp³-hybridized carbons (Fsp3) is 0. The highest BCUT2D eigenvalue weighted by molar-refractivity contribution is 7.25. The zero-order chi connectivity index (χ0) is 29.5. The lowest BCUT2D eigenvalue weighted by Crippen LogP contribution is -1.93. The second-order valence-corrected chi connectivity index (χ2v) is 12.8. The van der Waals surface area contributed by atoms with Gasteiger partial charge >= 0.3 is 0 Å². The minimum absolute atomic E-state index is 0.924. The second-order valence-electron chi connectivity index (χ2n) is 11.7. The monoisotopic (exact) mass is 591 g/mol. The van der Waals surface area contributed by atoms with E-state index in [0.717, 1.165) is 33.1 Å². The molecule has 3 heteroatoms. The lowest BCUT2D eigenvalue weighted by molar-refractivity contribution is 0.670. The summed E-state index contributed by atoms with van der Waals surface area (Å²) < 4.78 is 11.4. The number of para-hydroxylation sites is 3. The summed E-state index contributed by atoms with van der Waals surface area (Å²) in [4.78, 5) is 0. The van der Waals surface area contributed by atoms with Crippen molar-refractivity contribution in [3.8, 4) is 27.9 Å². The Balaban J connectivity index is 1.05. The second kappa shape index (κ2) is 9.43. The van der Waals surface area contributed by atoms with Crippen LogP contribution in [0.25, 0.3) is 91.9 Å². The van der Waals surface area contributed by atoms with Crippen molar-refractivity contribution in [2.45, 2.75) is 0 Å². The number of nitrogens with zero attached hydrogens (tertiary/aromatic N) is 1. The smallest absolute Gasteiger partial charge is 0.143 e. The van der Waals surface area contributed by atoms with Crippen LogP contribution in [0.3, 0.4) is 0 Å². The molecule has 0 atom stereocenters. The molecule has 10 aromatic rings. The summed E-state index contributed by atoms with van der Waals surface area (Å²) in [5.41, 5.74) is 10.2. The average Bonchev–Trinajstić information content (AvgIpc) is 3.76. The lowest BCUT2D eigenvalue weighted by Gasteiger charge is -2.10. The Morgan fingerprint density at radius 2 is 1.09 bits per heavy atom.